The third kappa shape index (κ3) is 4.40. The molecule has 2 aromatic carbocycles. The van der Waals surface area contributed by atoms with Crippen LogP contribution in [0.3, 0.4) is 0 Å². The first-order valence-electron chi connectivity index (χ1n) is 9.83. The number of halogens is 3. The van der Waals surface area contributed by atoms with Gasteiger partial charge < -0.3 is 14.2 Å². The van der Waals surface area contributed by atoms with Crippen LogP contribution >= 0.6 is 0 Å². The van der Waals surface area contributed by atoms with Crippen molar-refractivity contribution in [2.24, 2.45) is 0 Å². The SMILES string of the molecule is COc1cccc(-c2noc([C@@H]3CCCCN3C(=O)c3ccc(C(F)(F)F)cc3)n2)c1. The van der Waals surface area contributed by atoms with Crippen LogP contribution in [0.15, 0.2) is 53.1 Å². The van der Waals surface area contributed by atoms with Gasteiger partial charge in [-0.2, -0.15) is 18.2 Å². The highest BCUT2D eigenvalue weighted by Gasteiger charge is 2.34. The van der Waals surface area contributed by atoms with Crippen molar-refractivity contribution in [2.45, 2.75) is 31.5 Å². The van der Waals surface area contributed by atoms with Crippen LogP contribution < -0.4 is 4.74 Å². The molecule has 0 aliphatic carbocycles. The van der Waals surface area contributed by atoms with E-state index in [1.54, 1.807) is 24.1 Å². The van der Waals surface area contributed by atoms with Crippen LogP contribution in [0.2, 0.25) is 0 Å². The predicted octanol–water partition coefficient (Wildman–Crippen LogP) is 5.13. The molecule has 0 N–H and O–H groups in total. The first-order chi connectivity index (χ1) is 14.9. The number of rotatable bonds is 4. The number of hydrogen-bond acceptors (Lipinski definition) is 5. The Bertz CT molecular complexity index is 1060. The molecule has 1 saturated heterocycles. The lowest BCUT2D eigenvalue weighted by Gasteiger charge is -2.33. The molecule has 0 radical (unpaired) electrons. The predicted molar refractivity (Wildman–Crippen MR) is 105 cm³/mol. The van der Waals surface area contributed by atoms with Gasteiger partial charge in [0, 0.05) is 17.7 Å². The zero-order valence-electron chi connectivity index (χ0n) is 16.7. The molecule has 3 aromatic rings. The summed E-state index contributed by atoms with van der Waals surface area (Å²) in [6, 6.07) is 11.0. The van der Waals surface area contributed by atoms with E-state index in [0.29, 0.717) is 36.0 Å². The Balaban J connectivity index is 1.58. The fourth-order valence-electron chi connectivity index (χ4n) is 3.65. The highest BCUT2D eigenvalue weighted by atomic mass is 19.4. The number of hydrogen-bond donors (Lipinski definition) is 0. The third-order valence-electron chi connectivity index (χ3n) is 5.28. The number of aromatic nitrogens is 2. The molecule has 6 nitrogen and oxygen atoms in total. The number of carbonyl (C=O) groups is 1. The normalized spacial score (nSPS) is 16.9. The van der Waals surface area contributed by atoms with Gasteiger partial charge in [0.1, 0.15) is 11.8 Å². The molecule has 1 aliphatic rings. The minimum atomic E-state index is -4.45. The zero-order chi connectivity index (χ0) is 22.0. The zero-order valence-corrected chi connectivity index (χ0v) is 16.7. The number of likely N-dealkylation sites (tertiary alicyclic amines) is 1. The van der Waals surface area contributed by atoms with Gasteiger partial charge in [-0.25, -0.2) is 0 Å². The molecule has 9 heteroatoms. The molecule has 1 aliphatic heterocycles. The Hall–Kier alpha value is -3.36. The summed E-state index contributed by atoms with van der Waals surface area (Å²) in [5.41, 5.74) is 0.109. The maximum atomic E-state index is 13.0. The molecule has 2 heterocycles. The van der Waals surface area contributed by atoms with E-state index in [-0.39, 0.29) is 11.5 Å². The van der Waals surface area contributed by atoms with Crippen molar-refractivity contribution in [1.29, 1.82) is 0 Å². The Morgan fingerprint density at radius 1 is 1.16 bits per heavy atom. The second-order valence-corrected chi connectivity index (χ2v) is 7.27. The Morgan fingerprint density at radius 2 is 1.94 bits per heavy atom. The summed E-state index contributed by atoms with van der Waals surface area (Å²) in [4.78, 5) is 19.1. The van der Waals surface area contributed by atoms with Gasteiger partial charge in [0.2, 0.25) is 11.7 Å². The van der Waals surface area contributed by atoms with Crippen LogP contribution in [-0.4, -0.2) is 34.6 Å². The number of nitrogens with zero attached hydrogens (tertiary/aromatic N) is 3. The number of alkyl halides is 3. The van der Waals surface area contributed by atoms with Gasteiger partial charge in [-0.05, 0) is 55.7 Å². The molecule has 1 atom stereocenters. The minimum absolute atomic E-state index is 0.187. The molecule has 1 fully saturated rings. The summed E-state index contributed by atoms with van der Waals surface area (Å²) in [6.07, 6.45) is -2.15. The third-order valence-corrected chi connectivity index (χ3v) is 5.28. The molecule has 4 rings (SSSR count). The van der Waals surface area contributed by atoms with Crippen LogP contribution in [0, 0.1) is 0 Å². The van der Waals surface area contributed by atoms with Crippen molar-refractivity contribution in [3.63, 3.8) is 0 Å². The highest BCUT2D eigenvalue weighted by molar-refractivity contribution is 5.94. The largest absolute Gasteiger partial charge is 0.497 e. The van der Waals surface area contributed by atoms with Gasteiger partial charge in [0.25, 0.3) is 5.91 Å². The van der Waals surface area contributed by atoms with Crippen LogP contribution in [0.4, 0.5) is 13.2 Å². The number of methoxy groups -OCH3 is 1. The molecule has 162 valence electrons. The van der Waals surface area contributed by atoms with Crippen molar-refractivity contribution in [1.82, 2.24) is 15.0 Å². The molecular formula is C22H20F3N3O3. The molecule has 31 heavy (non-hydrogen) atoms. The van der Waals surface area contributed by atoms with E-state index >= 15 is 0 Å². The molecule has 0 unspecified atom stereocenters. The fraction of sp³-hybridized carbons (Fsp3) is 0.318. The number of piperidine rings is 1. The first-order valence-corrected chi connectivity index (χ1v) is 9.83. The van der Waals surface area contributed by atoms with Crippen molar-refractivity contribution < 1.29 is 27.2 Å². The van der Waals surface area contributed by atoms with E-state index in [9.17, 15) is 18.0 Å². The van der Waals surface area contributed by atoms with E-state index in [1.807, 2.05) is 12.1 Å². The van der Waals surface area contributed by atoms with E-state index in [2.05, 4.69) is 10.1 Å². The molecule has 1 aromatic heterocycles. The molecule has 1 amide bonds. The standard InChI is InChI=1S/C22H20F3N3O3/c1-30-17-6-4-5-15(13-17)19-26-20(31-27-19)18-7-2-3-12-28(18)21(29)14-8-10-16(11-9-14)22(23,24)25/h4-6,8-11,13,18H,2-3,7,12H2,1H3/t18-/m0/s1. The maximum Gasteiger partial charge on any atom is 0.416 e. The molecule has 0 bridgehead atoms. The Morgan fingerprint density at radius 3 is 2.65 bits per heavy atom. The number of amides is 1. The van der Waals surface area contributed by atoms with Crippen LogP contribution in [-0.2, 0) is 6.18 Å². The van der Waals surface area contributed by atoms with Gasteiger partial charge >= 0.3 is 6.18 Å². The van der Waals surface area contributed by atoms with Gasteiger partial charge in [-0.1, -0.05) is 17.3 Å². The molecular weight excluding hydrogens is 411 g/mol. The van der Waals surface area contributed by atoms with Crippen LogP contribution in [0.1, 0.15) is 47.1 Å². The van der Waals surface area contributed by atoms with Gasteiger partial charge in [-0.15, -0.1) is 0 Å². The van der Waals surface area contributed by atoms with Crippen molar-refractivity contribution in [3.8, 4) is 17.1 Å². The lowest BCUT2D eigenvalue weighted by Crippen LogP contribution is -2.38. The fourth-order valence-corrected chi connectivity index (χ4v) is 3.65. The van der Waals surface area contributed by atoms with Crippen molar-refractivity contribution in [3.05, 3.63) is 65.5 Å². The topological polar surface area (TPSA) is 68.5 Å². The number of benzene rings is 2. The van der Waals surface area contributed by atoms with Crippen molar-refractivity contribution in [2.75, 3.05) is 13.7 Å². The monoisotopic (exact) mass is 431 g/mol. The van der Waals surface area contributed by atoms with E-state index in [1.165, 1.54) is 12.1 Å². The summed E-state index contributed by atoms with van der Waals surface area (Å²) in [5, 5.41) is 4.04. The summed E-state index contributed by atoms with van der Waals surface area (Å²) >= 11 is 0. The van der Waals surface area contributed by atoms with E-state index in [0.717, 1.165) is 25.0 Å². The number of carbonyl (C=O) groups excluding carboxylic acids is 1. The maximum absolute atomic E-state index is 13.0. The lowest BCUT2D eigenvalue weighted by molar-refractivity contribution is -0.137. The number of ether oxygens (including phenoxy) is 1. The smallest absolute Gasteiger partial charge is 0.416 e. The second kappa shape index (κ2) is 8.41. The quantitative estimate of drug-likeness (QED) is 0.573. The minimum Gasteiger partial charge on any atom is -0.497 e. The summed E-state index contributed by atoms with van der Waals surface area (Å²) in [5.74, 6) is 0.972. The van der Waals surface area contributed by atoms with Crippen LogP contribution in [0.5, 0.6) is 5.75 Å². The highest BCUT2D eigenvalue weighted by Crippen LogP contribution is 2.34. The Labute approximate surface area is 176 Å². The van der Waals surface area contributed by atoms with Crippen molar-refractivity contribution >= 4 is 5.91 Å². The summed E-state index contributed by atoms with van der Waals surface area (Å²) in [7, 11) is 1.56. The van der Waals surface area contributed by atoms with Crippen LogP contribution in [0.25, 0.3) is 11.4 Å². The lowest BCUT2D eigenvalue weighted by atomic mass is 10.00. The Kier molecular flexibility index (Phi) is 5.67. The van der Waals surface area contributed by atoms with E-state index < -0.39 is 17.8 Å². The summed E-state index contributed by atoms with van der Waals surface area (Å²) < 4.78 is 49.1. The average Bonchev–Trinajstić information content (AvgIpc) is 3.28. The molecule has 0 saturated carbocycles. The average molecular weight is 431 g/mol. The molecule has 0 spiro atoms. The summed E-state index contributed by atoms with van der Waals surface area (Å²) in [6.45, 7) is 0.460. The van der Waals surface area contributed by atoms with Gasteiger partial charge in [0.15, 0.2) is 0 Å². The first kappa shape index (κ1) is 20.9. The second-order valence-electron chi connectivity index (χ2n) is 7.27. The van der Waals surface area contributed by atoms with Gasteiger partial charge in [-0.3, -0.25) is 4.79 Å². The van der Waals surface area contributed by atoms with E-state index in [4.69, 9.17) is 9.26 Å². The van der Waals surface area contributed by atoms with Gasteiger partial charge in [0.05, 0.1) is 12.7 Å².